The Balaban J connectivity index is 1.79. The van der Waals surface area contributed by atoms with Crippen LogP contribution in [0.25, 0.3) is 4.96 Å². The second-order valence-corrected chi connectivity index (χ2v) is 5.55. The average Bonchev–Trinajstić information content (AvgIpc) is 3.07. The lowest BCUT2D eigenvalue weighted by molar-refractivity contribution is -0.140. The Morgan fingerprint density at radius 2 is 2.24 bits per heavy atom. The van der Waals surface area contributed by atoms with Crippen LogP contribution in [0.1, 0.15) is 16.8 Å². The molecule has 2 atom stereocenters. The third-order valence-corrected chi connectivity index (χ3v) is 4.08. The summed E-state index contributed by atoms with van der Waals surface area (Å²) < 4.78 is 1.31. The highest BCUT2D eigenvalue weighted by molar-refractivity contribution is 7.15. The summed E-state index contributed by atoms with van der Waals surface area (Å²) in [5.74, 6) is -2.08. The Bertz CT molecular complexity index is 807. The van der Waals surface area contributed by atoms with Crippen LogP contribution in [0, 0.1) is 5.92 Å². The van der Waals surface area contributed by atoms with Crippen molar-refractivity contribution in [1.29, 1.82) is 0 Å². The molecule has 2 unspecified atom stereocenters. The highest BCUT2D eigenvalue weighted by Crippen LogP contribution is 2.18. The summed E-state index contributed by atoms with van der Waals surface area (Å²) >= 11 is 1.30. The van der Waals surface area contributed by atoms with E-state index in [9.17, 15) is 14.4 Å². The number of nitrogens with zero attached hydrogens (tertiary/aromatic N) is 2. The Morgan fingerprint density at radius 1 is 1.43 bits per heavy atom. The van der Waals surface area contributed by atoms with Gasteiger partial charge in [-0.3, -0.25) is 18.8 Å². The standard InChI is InChI=1S/C13H11N3O4S/c17-10(15-8-2-1-7(5-8)12(19)20)9-6-14-13-16(11(9)18)3-4-21-13/h1-4,6-8H,5H2,(H,15,17)(H,19,20). The second-order valence-electron chi connectivity index (χ2n) is 4.68. The van der Waals surface area contributed by atoms with Gasteiger partial charge >= 0.3 is 5.97 Å². The van der Waals surface area contributed by atoms with Crippen molar-refractivity contribution in [1.82, 2.24) is 14.7 Å². The second kappa shape index (κ2) is 5.13. The molecule has 2 N–H and O–H groups in total. The van der Waals surface area contributed by atoms with Gasteiger partial charge in [-0.05, 0) is 6.42 Å². The van der Waals surface area contributed by atoms with E-state index < -0.39 is 23.4 Å². The quantitative estimate of drug-likeness (QED) is 0.805. The normalized spacial score (nSPS) is 20.8. The minimum Gasteiger partial charge on any atom is -0.481 e. The molecule has 8 heteroatoms. The van der Waals surface area contributed by atoms with Crippen LogP contribution >= 0.6 is 11.3 Å². The van der Waals surface area contributed by atoms with Crippen LogP contribution in [0.2, 0.25) is 0 Å². The summed E-state index contributed by atoms with van der Waals surface area (Å²) in [6.45, 7) is 0. The molecule has 0 saturated heterocycles. The maximum Gasteiger partial charge on any atom is 0.310 e. The molecule has 2 aromatic heterocycles. The van der Waals surface area contributed by atoms with Crippen molar-refractivity contribution in [2.24, 2.45) is 5.92 Å². The molecule has 1 aliphatic carbocycles. The van der Waals surface area contributed by atoms with Crippen LogP contribution in [0.4, 0.5) is 0 Å². The lowest BCUT2D eigenvalue weighted by atomic mass is 10.1. The van der Waals surface area contributed by atoms with Crippen molar-refractivity contribution in [2.75, 3.05) is 0 Å². The highest BCUT2D eigenvalue weighted by Gasteiger charge is 2.26. The van der Waals surface area contributed by atoms with Gasteiger partial charge in [0.15, 0.2) is 4.96 Å². The fraction of sp³-hybridized carbons (Fsp3) is 0.231. The topological polar surface area (TPSA) is 101 Å². The third kappa shape index (κ3) is 2.45. The molecule has 2 heterocycles. The molecule has 108 valence electrons. The Kier molecular flexibility index (Phi) is 3.30. The number of carboxylic acids is 1. The SMILES string of the molecule is O=C(NC1C=CC(C(=O)O)C1)c1cnc2sccn2c1=O. The summed E-state index contributed by atoms with van der Waals surface area (Å²) in [5, 5.41) is 13.2. The smallest absolute Gasteiger partial charge is 0.310 e. The lowest BCUT2D eigenvalue weighted by Gasteiger charge is -2.11. The third-order valence-electron chi connectivity index (χ3n) is 3.30. The number of thiazole rings is 1. The molecule has 7 nitrogen and oxygen atoms in total. The zero-order valence-corrected chi connectivity index (χ0v) is 11.5. The maximum absolute atomic E-state index is 12.1. The zero-order valence-electron chi connectivity index (χ0n) is 10.7. The summed E-state index contributed by atoms with van der Waals surface area (Å²) in [5.41, 5.74) is -0.492. The molecule has 0 fully saturated rings. The molecule has 21 heavy (non-hydrogen) atoms. The van der Waals surface area contributed by atoms with Crippen molar-refractivity contribution in [2.45, 2.75) is 12.5 Å². The number of amides is 1. The van der Waals surface area contributed by atoms with E-state index in [0.29, 0.717) is 4.96 Å². The number of carbonyl (C=O) groups excluding carboxylic acids is 1. The van der Waals surface area contributed by atoms with E-state index in [4.69, 9.17) is 5.11 Å². The number of fused-ring (bicyclic) bond motifs is 1. The number of nitrogens with one attached hydrogen (secondary N) is 1. The van der Waals surface area contributed by atoms with E-state index in [0.717, 1.165) is 0 Å². The van der Waals surface area contributed by atoms with E-state index in [1.807, 2.05) is 0 Å². The molecular weight excluding hydrogens is 294 g/mol. The van der Waals surface area contributed by atoms with E-state index in [1.54, 1.807) is 23.7 Å². The average molecular weight is 305 g/mol. The van der Waals surface area contributed by atoms with Crippen molar-refractivity contribution >= 4 is 28.2 Å². The number of hydrogen-bond donors (Lipinski definition) is 2. The van der Waals surface area contributed by atoms with Gasteiger partial charge in [-0.2, -0.15) is 0 Å². The number of aliphatic carboxylic acids is 1. The number of hydrogen-bond acceptors (Lipinski definition) is 5. The Labute approximate surface area is 122 Å². The summed E-state index contributed by atoms with van der Waals surface area (Å²) in [4.78, 5) is 39.7. The molecule has 2 aromatic rings. The lowest BCUT2D eigenvalue weighted by Crippen LogP contribution is -2.37. The molecule has 1 aliphatic rings. The van der Waals surface area contributed by atoms with Gasteiger partial charge in [0.25, 0.3) is 11.5 Å². The summed E-state index contributed by atoms with van der Waals surface area (Å²) in [6.07, 6.45) is 6.26. The van der Waals surface area contributed by atoms with Gasteiger partial charge in [0, 0.05) is 23.8 Å². The van der Waals surface area contributed by atoms with E-state index in [-0.39, 0.29) is 18.0 Å². The highest BCUT2D eigenvalue weighted by atomic mass is 32.1. The molecule has 1 amide bonds. The van der Waals surface area contributed by atoms with Crippen molar-refractivity contribution in [3.05, 3.63) is 45.8 Å². The molecule has 3 rings (SSSR count). The molecule has 0 spiro atoms. The molecule has 0 radical (unpaired) electrons. The van der Waals surface area contributed by atoms with Gasteiger partial charge in [0.1, 0.15) is 5.56 Å². The summed E-state index contributed by atoms with van der Waals surface area (Å²) in [7, 11) is 0. The molecule has 0 saturated carbocycles. The predicted octanol–water partition coefficient (Wildman–Crippen LogP) is 0.515. The maximum atomic E-state index is 12.1. The minimum atomic E-state index is -0.926. The van der Waals surface area contributed by atoms with Gasteiger partial charge in [0.05, 0.1) is 5.92 Å². The number of carbonyl (C=O) groups is 2. The molecule has 0 aromatic carbocycles. The number of rotatable bonds is 3. The van der Waals surface area contributed by atoms with Crippen molar-refractivity contribution in [3.63, 3.8) is 0 Å². The van der Waals surface area contributed by atoms with Gasteiger partial charge < -0.3 is 10.4 Å². The molecular formula is C13H11N3O4S. The minimum absolute atomic E-state index is 0.0573. The monoisotopic (exact) mass is 305 g/mol. The Hall–Kier alpha value is -2.48. The Morgan fingerprint density at radius 3 is 2.95 bits per heavy atom. The van der Waals surface area contributed by atoms with Crippen LogP contribution in [-0.2, 0) is 4.79 Å². The van der Waals surface area contributed by atoms with E-state index in [2.05, 4.69) is 10.3 Å². The van der Waals surface area contributed by atoms with Crippen LogP contribution in [-0.4, -0.2) is 32.4 Å². The van der Waals surface area contributed by atoms with Crippen molar-refractivity contribution in [3.8, 4) is 0 Å². The fourth-order valence-electron chi connectivity index (χ4n) is 2.22. The van der Waals surface area contributed by atoms with Crippen molar-refractivity contribution < 1.29 is 14.7 Å². The van der Waals surface area contributed by atoms with E-state index >= 15 is 0 Å². The largest absolute Gasteiger partial charge is 0.481 e. The predicted molar refractivity (Wildman–Crippen MR) is 75.5 cm³/mol. The molecule has 0 bridgehead atoms. The first-order valence-electron chi connectivity index (χ1n) is 6.23. The van der Waals surface area contributed by atoms with E-state index in [1.165, 1.54) is 21.9 Å². The first-order valence-corrected chi connectivity index (χ1v) is 7.11. The van der Waals surface area contributed by atoms with Gasteiger partial charge in [-0.15, -0.1) is 11.3 Å². The van der Waals surface area contributed by atoms with Crippen LogP contribution in [0.15, 0.2) is 34.7 Å². The molecule has 0 aliphatic heterocycles. The first-order chi connectivity index (χ1) is 10.1. The summed E-state index contributed by atoms with van der Waals surface area (Å²) in [6, 6.07) is -0.388. The van der Waals surface area contributed by atoms with Crippen LogP contribution in [0.3, 0.4) is 0 Å². The fourth-order valence-corrected chi connectivity index (χ4v) is 2.89. The van der Waals surface area contributed by atoms with Crippen LogP contribution < -0.4 is 10.9 Å². The first kappa shape index (κ1) is 13.5. The van der Waals surface area contributed by atoms with Gasteiger partial charge in [-0.1, -0.05) is 12.2 Å². The van der Waals surface area contributed by atoms with Gasteiger partial charge in [-0.25, -0.2) is 4.98 Å². The zero-order chi connectivity index (χ0) is 15.0. The number of aromatic nitrogens is 2. The van der Waals surface area contributed by atoms with Crippen LogP contribution in [0.5, 0.6) is 0 Å². The van der Waals surface area contributed by atoms with Gasteiger partial charge in [0.2, 0.25) is 0 Å². The number of carboxylic acid groups (broad SMARTS) is 1.